The number of rotatable bonds is 2. The molecule has 0 aliphatic rings. The maximum absolute atomic E-state index is 11.3. The van der Waals surface area contributed by atoms with E-state index in [9.17, 15) is 9.59 Å². The molecule has 4 nitrogen and oxygen atoms in total. The molecule has 0 bridgehead atoms. The lowest BCUT2D eigenvalue weighted by Gasteiger charge is -2.04. The van der Waals surface area contributed by atoms with Crippen LogP contribution in [0.3, 0.4) is 0 Å². The number of carboxylic acid groups (broad SMARTS) is 1. The Hall–Kier alpha value is -1.58. The van der Waals surface area contributed by atoms with Crippen LogP contribution in [0.4, 0.5) is 0 Å². The first-order chi connectivity index (χ1) is 6.06. The van der Waals surface area contributed by atoms with Gasteiger partial charge in [-0.05, 0) is 19.9 Å². The van der Waals surface area contributed by atoms with Crippen molar-refractivity contribution < 1.29 is 9.90 Å². The molecule has 70 valence electrons. The van der Waals surface area contributed by atoms with E-state index in [1.165, 1.54) is 16.8 Å². The fourth-order valence-corrected chi connectivity index (χ4v) is 1.14. The SMILES string of the molecule is CCn1cc(C(=O)O)cc(C)c1=O. The summed E-state index contributed by atoms with van der Waals surface area (Å²) in [6, 6.07) is 1.39. The summed E-state index contributed by atoms with van der Waals surface area (Å²) >= 11 is 0. The quantitative estimate of drug-likeness (QED) is 0.736. The molecular weight excluding hydrogens is 170 g/mol. The number of hydrogen-bond acceptors (Lipinski definition) is 2. The highest BCUT2D eigenvalue weighted by Crippen LogP contribution is 1.99. The summed E-state index contributed by atoms with van der Waals surface area (Å²) in [4.78, 5) is 22.0. The zero-order valence-electron chi connectivity index (χ0n) is 7.57. The Morgan fingerprint density at radius 1 is 1.62 bits per heavy atom. The third-order valence-corrected chi connectivity index (χ3v) is 1.85. The van der Waals surface area contributed by atoms with E-state index in [-0.39, 0.29) is 11.1 Å². The summed E-state index contributed by atoms with van der Waals surface area (Å²) in [5.41, 5.74) is 0.480. The minimum absolute atomic E-state index is 0.132. The Morgan fingerprint density at radius 2 is 2.23 bits per heavy atom. The number of pyridine rings is 1. The first kappa shape index (κ1) is 9.51. The number of aromatic carboxylic acids is 1. The largest absolute Gasteiger partial charge is 0.478 e. The Labute approximate surface area is 75.4 Å². The van der Waals surface area contributed by atoms with Gasteiger partial charge in [-0.2, -0.15) is 0 Å². The second-order valence-corrected chi connectivity index (χ2v) is 2.81. The van der Waals surface area contributed by atoms with E-state index < -0.39 is 5.97 Å². The molecule has 0 amide bonds. The van der Waals surface area contributed by atoms with E-state index >= 15 is 0 Å². The molecule has 0 aromatic carbocycles. The highest BCUT2D eigenvalue weighted by atomic mass is 16.4. The van der Waals surface area contributed by atoms with Crippen LogP contribution < -0.4 is 5.56 Å². The van der Waals surface area contributed by atoms with Crippen LogP contribution in [0.25, 0.3) is 0 Å². The van der Waals surface area contributed by atoms with Gasteiger partial charge < -0.3 is 9.67 Å². The van der Waals surface area contributed by atoms with E-state index in [0.717, 1.165) is 0 Å². The van der Waals surface area contributed by atoms with Crippen LogP contribution in [0.15, 0.2) is 17.1 Å². The molecule has 1 rings (SSSR count). The van der Waals surface area contributed by atoms with Gasteiger partial charge in [0.2, 0.25) is 0 Å². The summed E-state index contributed by atoms with van der Waals surface area (Å²) in [5.74, 6) is -1.01. The van der Waals surface area contributed by atoms with E-state index in [1.807, 2.05) is 0 Å². The van der Waals surface area contributed by atoms with Gasteiger partial charge >= 0.3 is 5.97 Å². The van der Waals surface area contributed by atoms with Crippen molar-refractivity contribution >= 4 is 5.97 Å². The van der Waals surface area contributed by atoms with Crippen molar-refractivity contribution in [2.45, 2.75) is 20.4 Å². The van der Waals surface area contributed by atoms with E-state index in [2.05, 4.69) is 0 Å². The maximum Gasteiger partial charge on any atom is 0.337 e. The van der Waals surface area contributed by atoms with E-state index in [0.29, 0.717) is 12.1 Å². The molecule has 0 aliphatic carbocycles. The lowest BCUT2D eigenvalue weighted by atomic mass is 10.2. The molecular formula is C9H11NO3. The summed E-state index contributed by atoms with van der Waals surface area (Å²) < 4.78 is 1.39. The molecule has 0 radical (unpaired) electrons. The highest BCUT2D eigenvalue weighted by molar-refractivity contribution is 5.87. The van der Waals surface area contributed by atoms with Crippen LogP contribution >= 0.6 is 0 Å². The Kier molecular flexibility index (Phi) is 2.51. The molecule has 1 N–H and O–H groups in total. The highest BCUT2D eigenvalue weighted by Gasteiger charge is 2.06. The van der Waals surface area contributed by atoms with Crippen LogP contribution in [0.2, 0.25) is 0 Å². The number of hydrogen-bond donors (Lipinski definition) is 1. The predicted molar refractivity (Wildman–Crippen MR) is 48.1 cm³/mol. The van der Waals surface area contributed by atoms with Gasteiger partial charge in [0, 0.05) is 18.3 Å². The zero-order valence-corrected chi connectivity index (χ0v) is 7.57. The molecule has 0 fully saturated rings. The first-order valence-electron chi connectivity index (χ1n) is 4.00. The summed E-state index contributed by atoms with van der Waals surface area (Å²) in [6.45, 7) is 3.90. The van der Waals surface area contributed by atoms with Gasteiger partial charge in [-0.1, -0.05) is 0 Å². The predicted octanol–water partition coefficient (Wildman–Crippen LogP) is 0.875. The first-order valence-corrected chi connectivity index (χ1v) is 4.00. The Balaban J connectivity index is 3.39. The number of aryl methyl sites for hydroxylation is 2. The lowest BCUT2D eigenvalue weighted by Crippen LogP contribution is -2.22. The van der Waals surface area contributed by atoms with Crippen LogP contribution in [0.1, 0.15) is 22.8 Å². The standard InChI is InChI=1S/C9H11NO3/c1-3-10-5-7(9(12)13)4-6(2)8(10)11/h4-5H,3H2,1-2H3,(H,12,13). The van der Waals surface area contributed by atoms with Crippen LogP contribution in [-0.2, 0) is 6.54 Å². The topological polar surface area (TPSA) is 59.3 Å². The summed E-state index contributed by atoms with van der Waals surface area (Å²) in [6.07, 6.45) is 1.36. The van der Waals surface area contributed by atoms with Crippen LogP contribution in [-0.4, -0.2) is 15.6 Å². The van der Waals surface area contributed by atoms with Crippen molar-refractivity contribution in [2.75, 3.05) is 0 Å². The average Bonchev–Trinajstić information content (AvgIpc) is 2.09. The third-order valence-electron chi connectivity index (χ3n) is 1.85. The summed E-state index contributed by atoms with van der Waals surface area (Å²) in [7, 11) is 0. The fourth-order valence-electron chi connectivity index (χ4n) is 1.14. The minimum Gasteiger partial charge on any atom is -0.478 e. The van der Waals surface area contributed by atoms with E-state index in [4.69, 9.17) is 5.11 Å². The molecule has 0 aliphatic heterocycles. The van der Waals surface area contributed by atoms with Gasteiger partial charge in [-0.3, -0.25) is 4.79 Å². The van der Waals surface area contributed by atoms with Crippen molar-refractivity contribution in [2.24, 2.45) is 0 Å². The van der Waals surface area contributed by atoms with Gasteiger partial charge in [-0.25, -0.2) is 4.79 Å². The molecule has 13 heavy (non-hydrogen) atoms. The smallest absolute Gasteiger partial charge is 0.337 e. The number of aromatic nitrogens is 1. The van der Waals surface area contributed by atoms with Gasteiger partial charge in [0.25, 0.3) is 5.56 Å². The number of carboxylic acids is 1. The fraction of sp³-hybridized carbons (Fsp3) is 0.333. The van der Waals surface area contributed by atoms with E-state index in [1.54, 1.807) is 13.8 Å². The monoisotopic (exact) mass is 181 g/mol. The molecule has 1 aromatic heterocycles. The molecule has 0 saturated heterocycles. The van der Waals surface area contributed by atoms with Gasteiger partial charge in [0.15, 0.2) is 0 Å². The molecule has 0 saturated carbocycles. The van der Waals surface area contributed by atoms with Crippen molar-refractivity contribution in [3.05, 3.63) is 33.7 Å². The lowest BCUT2D eigenvalue weighted by molar-refractivity contribution is 0.0695. The molecule has 0 atom stereocenters. The summed E-state index contributed by atoms with van der Waals surface area (Å²) in [5, 5.41) is 8.70. The van der Waals surface area contributed by atoms with Crippen LogP contribution in [0, 0.1) is 6.92 Å². The van der Waals surface area contributed by atoms with Gasteiger partial charge in [0.05, 0.1) is 5.56 Å². The number of nitrogens with zero attached hydrogens (tertiary/aromatic N) is 1. The molecule has 0 spiro atoms. The zero-order chi connectivity index (χ0) is 10.0. The second-order valence-electron chi connectivity index (χ2n) is 2.81. The van der Waals surface area contributed by atoms with Crippen molar-refractivity contribution in [3.8, 4) is 0 Å². The average molecular weight is 181 g/mol. The Bertz CT molecular complexity index is 392. The van der Waals surface area contributed by atoms with Crippen molar-refractivity contribution in [1.82, 2.24) is 4.57 Å². The second kappa shape index (κ2) is 3.43. The van der Waals surface area contributed by atoms with Crippen molar-refractivity contribution in [3.63, 3.8) is 0 Å². The van der Waals surface area contributed by atoms with Crippen molar-refractivity contribution in [1.29, 1.82) is 0 Å². The van der Waals surface area contributed by atoms with Gasteiger partial charge in [-0.15, -0.1) is 0 Å². The molecule has 0 unspecified atom stereocenters. The molecule has 1 heterocycles. The minimum atomic E-state index is -1.01. The normalized spacial score (nSPS) is 10.0. The number of carbonyl (C=O) groups is 1. The molecule has 4 heteroatoms. The Morgan fingerprint density at radius 3 is 2.69 bits per heavy atom. The molecule has 1 aromatic rings. The third kappa shape index (κ3) is 1.77. The maximum atomic E-state index is 11.3. The van der Waals surface area contributed by atoms with Crippen LogP contribution in [0.5, 0.6) is 0 Å². The van der Waals surface area contributed by atoms with Gasteiger partial charge in [0.1, 0.15) is 0 Å².